The van der Waals surface area contributed by atoms with E-state index in [2.05, 4.69) is 26.1 Å². The third-order valence-corrected chi connectivity index (χ3v) is 6.16. The fourth-order valence-corrected chi connectivity index (χ4v) is 4.26. The van der Waals surface area contributed by atoms with Crippen LogP contribution in [0.2, 0.25) is 0 Å². The average Bonchev–Trinajstić information content (AvgIpc) is 3.23. The maximum Gasteiger partial charge on any atom is 0.245 e. The van der Waals surface area contributed by atoms with Crippen LogP contribution in [0.4, 0.5) is 5.82 Å². The first kappa shape index (κ1) is 24.8. The van der Waals surface area contributed by atoms with Crippen molar-refractivity contribution in [1.29, 1.82) is 0 Å². The van der Waals surface area contributed by atoms with E-state index in [4.69, 9.17) is 9.84 Å². The number of amides is 2. The highest BCUT2D eigenvalue weighted by atomic mass is 16.5. The molecule has 0 unspecified atom stereocenters. The molecule has 1 aliphatic carbocycles. The zero-order valence-electron chi connectivity index (χ0n) is 20.7. The van der Waals surface area contributed by atoms with Crippen LogP contribution >= 0.6 is 0 Å². The van der Waals surface area contributed by atoms with E-state index in [1.165, 1.54) is 6.42 Å². The molecule has 0 bridgehead atoms. The summed E-state index contributed by atoms with van der Waals surface area (Å²) in [5.74, 6) is 1.31. The van der Waals surface area contributed by atoms with Crippen LogP contribution in [0.1, 0.15) is 71.9 Å². The molecule has 7 heteroatoms. The standard InChI is InChI=1S/C26H38N4O3/c1-6-16-29(25(32)19-10-8-7-9-11-19)18-24(31)27-23-17-22(26(2,3)4)28-30(23)20-12-14-21(33-5)15-13-20/h12-15,17,19H,6-11,16,18H2,1-5H3,(H,27,31). The van der Waals surface area contributed by atoms with Gasteiger partial charge in [-0.3, -0.25) is 9.59 Å². The van der Waals surface area contributed by atoms with Gasteiger partial charge < -0.3 is 15.0 Å². The van der Waals surface area contributed by atoms with Crippen LogP contribution in [0, 0.1) is 5.92 Å². The summed E-state index contributed by atoms with van der Waals surface area (Å²) < 4.78 is 7.00. The summed E-state index contributed by atoms with van der Waals surface area (Å²) >= 11 is 0. The Hall–Kier alpha value is -2.83. The monoisotopic (exact) mass is 454 g/mol. The minimum Gasteiger partial charge on any atom is -0.497 e. The van der Waals surface area contributed by atoms with E-state index in [-0.39, 0.29) is 29.7 Å². The van der Waals surface area contributed by atoms with Gasteiger partial charge in [-0.25, -0.2) is 4.68 Å². The lowest BCUT2D eigenvalue weighted by atomic mass is 9.88. The van der Waals surface area contributed by atoms with E-state index < -0.39 is 0 Å². The molecule has 1 N–H and O–H groups in total. The van der Waals surface area contributed by atoms with Crippen LogP contribution in [0.15, 0.2) is 30.3 Å². The second-order valence-corrected chi connectivity index (χ2v) is 9.92. The van der Waals surface area contributed by atoms with Crippen molar-refractivity contribution in [2.75, 3.05) is 25.5 Å². The van der Waals surface area contributed by atoms with E-state index in [0.29, 0.717) is 12.4 Å². The van der Waals surface area contributed by atoms with Crippen LogP contribution in [0.25, 0.3) is 5.69 Å². The Balaban J connectivity index is 1.80. The highest BCUT2D eigenvalue weighted by Crippen LogP contribution is 2.28. The molecule has 0 radical (unpaired) electrons. The number of methoxy groups -OCH3 is 1. The molecule has 33 heavy (non-hydrogen) atoms. The van der Waals surface area contributed by atoms with Crippen molar-refractivity contribution in [2.24, 2.45) is 5.92 Å². The third kappa shape index (κ3) is 6.36. The summed E-state index contributed by atoms with van der Waals surface area (Å²) in [5.41, 5.74) is 1.52. The van der Waals surface area contributed by atoms with Gasteiger partial charge in [0.1, 0.15) is 11.6 Å². The summed E-state index contributed by atoms with van der Waals surface area (Å²) in [4.78, 5) is 27.9. The number of nitrogens with one attached hydrogen (secondary N) is 1. The van der Waals surface area contributed by atoms with E-state index in [9.17, 15) is 9.59 Å². The molecule has 0 spiro atoms. The Bertz CT molecular complexity index is 937. The van der Waals surface area contributed by atoms with Gasteiger partial charge in [0.05, 0.1) is 25.0 Å². The number of carbonyl (C=O) groups excluding carboxylic acids is 2. The SMILES string of the molecule is CCCN(CC(=O)Nc1cc(C(C)(C)C)nn1-c1ccc(OC)cc1)C(=O)C1CCCCC1. The molecule has 0 atom stereocenters. The van der Waals surface area contributed by atoms with Gasteiger partial charge in [0.25, 0.3) is 0 Å². The van der Waals surface area contributed by atoms with Crippen molar-refractivity contribution >= 4 is 17.6 Å². The summed E-state index contributed by atoms with van der Waals surface area (Å²) in [7, 11) is 1.63. The van der Waals surface area contributed by atoms with Crippen LogP contribution in [-0.2, 0) is 15.0 Å². The first-order chi connectivity index (χ1) is 15.7. The Kier molecular flexibility index (Phi) is 8.16. The number of nitrogens with zero attached hydrogens (tertiary/aromatic N) is 3. The van der Waals surface area contributed by atoms with E-state index in [0.717, 1.165) is 49.2 Å². The van der Waals surface area contributed by atoms with Gasteiger partial charge in [-0.15, -0.1) is 0 Å². The molecule has 1 fully saturated rings. The normalized spacial score (nSPS) is 14.7. The van der Waals surface area contributed by atoms with E-state index in [1.807, 2.05) is 37.3 Å². The molecule has 0 aliphatic heterocycles. The first-order valence-corrected chi connectivity index (χ1v) is 12.1. The van der Waals surface area contributed by atoms with Gasteiger partial charge in [-0.2, -0.15) is 5.10 Å². The van der Waals surface area contributed by atoms with Gasteiger partial charge >= 0.3 is 0 Å². The van der Waals surface area contributed by atoms with Crippen molar-refractivity contribution in [1.82, 2.24) is 14.7 Å². The van der Waals surface area contributed by atoms with Crippen LogP contribution in [0.5, 0.6) is 5.75 Å². The fraction of sp³-hybridized carbons (Fsp3) is 0.577. The number of hydrogen-bond donors (Lipinski definition) is 1. The Morgan fingerprint density at radius 2 is 1.82 bits per heavy atom. The Morgan fingerprint density at radius 1 is 1.15 bits per heavy atom. The molecule has 2 aromatic rings. The van der Waals surface area contributed by atoms with Crippen LogP contribution in [0.3, 0.4) is 0 Å². The summed E-state index contributed by atoms with van der Waals surface area (Å²) in [6.07, 6.45) is 6.07. The molecule has 1 aliphatic rings. The highest BCUT2D eigenvalue weighted by Gasteiger charge is 2.27. The fourth-order valence-electron chi connectivity index (χ4n) is 4.26. The van der Waals surface area contributed by atoms with Gasteiger partial charge in [-0.1, -0.05) is 47.0 Å². The second-order valence-electron chi connectivity index (χ2n) is 9.92. The van der Waals surface area contributed by atoms with Crippen molar-refractivity contribution < 1.29 is 14.3 Å². The maximum atomic E-state index is 13.1. The first-order valence-electron chi connectivity index (χ1n) is 12.1. The van der Waals surface area contributed by atoms with Gasteiger partial charge in [0.2, 0.25) is 11.8 Å². The zero-order chi connectivity index (χ0) is 24.0. The van der Waals surface area contributed by atoms with Crippen LogP contribution in [-0.4, -0.2) is 46.7 Å². The lowest BCUT2D eigenvalue weighted by molar-refractivity contribution is -0.139. The number of benzene rings is 1. The smallest absolute Gasteiger partial charge is 0.245 e. The van der Waals surface area contributed by atoms with E-state index in [1.54, 1.807) is 16.7 Å². The predicted molar refractivity (Wildman–Crippen MR) is 131 cm³/mol. The second kappa shape index (κ2) is 10.9. The highest BCUT2D eigenvalue weighted by molar-refractivity contribution is 5.94. The molecule has 1 aromatic heterocycles. The molecule has 1 saturated carbocycles. The average molecular weight is 455 g/mol. The molecule has 1 aromatic carbocycles. The molecule has 180 valence electrons. The van der Waals surface area contributed by atoms with Crippen molar-refractivity contribution in [3.05, 3.63) is 36.0 Å². The number of carbonyl (C=O) groups is 2. The molecule has 0 saturated heterocycles. The topological polar surface area (TPSA) is 76.5 Å². The lowest BCUT2D eigenvalue weighted by Gasteiger charge is -2.28. The zero-order valence-corrected chi connectivity index (χ0v) is 20.7. The number of ether oxygens (including phenoxy) is 1. The maximum absolute atomic E-state index is 13.1. The van der Waals surface area contributed by atoms with Crippen LogP contribution < -0.4 is 10.1 Å². The number of anilines is 1. The quantitative estimate of drug-likeness (QED) is 0.613. The number of rotatable bonds is 8. The lowest BCUT2D eigenvalue weighted by Crippen LogP contribution is -2.42. The summed E-state index contributed by atoms with van der Waals surface area (Å²) in [6.45, 7) is 8.95. The summed E-state index contributed by atoms with van der Waals surface area (Å²) in [6, 6.07) is 9.46. The van der Waals surface area contributed by atoms with Gasteiger partial charge in [-0.05, 0) is 43.5 Å². The minimum atomic E-state index is -0.206. The van der Waals surface area contributed by atoms with Gasteiger partial charge in [0, 0.05) is 23.9 Å². The van der Waals surface area contributed by atoms with E-state index >= 15 is 0 Å². The van der Waals surface area contributed by atoms with Crippen molar-refractivity contribution in [2.45, 2.75) is 71.6 Å². The largest absolute Gasteiger partial charge is 0.497 e. The van der Waals surface area contributed by atoms with Gasteiger partial charge in [0.15, 0.2) is 0 Å². The molecular formula is C26H38N4O3. The molecule has 1 heterocycles. The Labute approximate surface area is 197 Å². The predicted octanol–water partition coefficient (Wildman–Crippen LogP) is 4.94. The van der Waals surface area contributed by atoms with Crippen molar-refractivity contribution in [3.63, 3.8) is 0 Å². The Morgan fingerprint density at radius 3 is 2.39 bits per heavy atom. The minimum absolute atomic E-state index is 0.0513. The third-order valence-electron chi connectivity index (χ3n) is 6.16. The molecule has 2 amide bonds. The number of aromatic nitrogens is 2. The summed E-state index contributed by atoms with van der Waals surface area (Å²) in [5, 5.41) is 7.78. The molecular weight excluding hydrogens is 416 g/mol. The molecule has 7 nitrogen and oxygen atoms in total. The number of hydrogen-bond acceptors (Lipinski definition) is 4. The van der Waals surface area contributed by atoms with Crippen molar-refractivity contribution in [3.8, 4) is 11.4 Å². The molecule has 3 rings (SSSR count).